The average molecular weight is 344 g/mol. The molecule has 24 heavy (non-hydrogen) atoms. The Labute approximate surface area is 147 Å². The highest BCUT2D eigenvalue weighted by Crippen LogP contribution is 2.22. The molecule has 2 heterocycles. The second-order valence-electron chi connectivity index (χ2n) is 6.03. The van der Waals surface area contributed by atoms with E-state index in [4.69, 9.17) is 0 Å². The fourth-order valence-electron chi connectivity index (χ4n) is 2.86. The van der Waals surface area contributed by atoms with Gasteiger partial charge in [-0.15, -0.1) is 11.3 Å². The van der Waals surface area contributed by atoms with E-state index < -0.39 is 0 Å². The lowest BCUT2D eigenvalue weighted by Crippen LogP contribution is -2.44. The largest absolute Gasteiger partial charge is 0.352 e. The monoisotopic (exact) mass is 344 g/mol. The van der Waals surface area contributed by atoms with Crippen LogP contribution in [0.15, 0.2) is 29.6 Å². The first-order valence-electron chi connectivity index (χ1n) is 8.46. The normalized spacial score (nSPS) is 15.4. The van der Waals surface area contributed by atoms with E-state index in [2.05, 4.69) is 20.5 Å². The molecule has 1 aromatic heterocycles. The molecule has 1 aliphatic rings. The zero-order valence-corrected chi connectivity index (χ0v) is 14.9. The number of rotatable bonds is 6. The van der Waals surface area contributed by atoms with E-state index in [1.54, 1.807) is 11.3 Å². The van der Waals surface area contributed by atoms with E-state index in [0.29, 0.717) is 12.1 Å². The maximum atomic E-state index is 12.3. The fraction of sp³-hybridized carbons (Fsp3) is 0.444. The molecule has 0 radical (unpaired) electrons. The van der Waals surface area contributed by atoms with Crippen molar-refractivity contribution in [2.75, 3.05) is 39.3 Å². The van der Waals surface area contributed by atoms with Crippen LogP contribution in [-0.4, -0.2) is 55.1 Å². The van der Waals surface area contributed by atoms with Crippen LogP contribution in [0, 0.1) is 6.92 Å². The first-order valence-corrected chi connectivity index (χ1v) is 9.34. The van der Waals surface area contributed by atoms with E-state index in [-0.39, 0.29) is 5.91 Å². The van der Waals surface area contributed by atoms with E-state index in [1.165, 1.54) is 0 Å². The number of amides is 1. The molecule has 0 saturated carbocycles. The summed E-state index contributed by atoms with van der Waals surface area (Å²) in [6.45, 7) is 8.07. The molecule has 2 aromatic rings. The molecule has 1 amide bonds. The van der Waals surface area contributed by atoms with Gasteiger partial charge in [-0.25, -0.2) is 4.98 Å². The predicted octanol–water partition coefficient (Wildman–Crippen LogP) is 2.14. The smallest absolute Gasteiger partial charge is 0.251 e. The molecule has 3 rings (SSSR count). The summed E-state index contributed by atoms with van der Waals surface area (Å²) >= 11 is 1.62. The minimum absolute atomic E-state index is 0.0101. The van der Waals surface area contributed by atoms with Crippen molar-refractivity contribution < 1.29 is 4.79 Å². The predicted molar refractivity (Wildman–Crippen MR) is 98.5 cm³/mol. The van der Waals surface area contributed by atoms with Gasteiger partial charge in [-0.1, -0.05) is 12.1 Å². The van der Waals surface area contributed by atoms with Gasteiger partial charge in [-0.2, -0.15) is 0 Å². The van der Waals surface area contributed by atoms with Gasteiger partial charge in [0.2, 0.25) is 0 Å². The van der Waals surface area contributed by atoms with Crippen molar-refractivity contribution in [1.29, 1.82) is 0 Å². The number of aryl methyl sites for hydroxylation is 1. The number of carbonyl (C=O) groups is 1. The van der Waals surface area contributed by atoms with Gasteiger partial charge in [0.05, 0.1) is 10.7 Å². The summed E-state index contributed by atoms with van der Waals surface area (Å²) in [5, 5.41) is 9.44. The number of nitrogens with zero attached hydrogens (tertiary/aromatic N) is 2. The lowest BCUT2D eigenvalue weighted by atomic mass is 10.1. The van der Waals surface area contributed by atoms with E-state index in [9.17, 15) is 4.79 Å². The molecule has 128 valence electrons. The van der Waals surface area contributed by atoms with E-state index >= 15 is 0 Å². The van der Waals surface area contributed by atoms with Gasteiger partial charge in [-0.3, -0.25) is 4.79 Å². The molecule has 1 aromatic carbocycles. The summed E-state index contributed by atoms with van der Waals surface area (Å²) in [4.78, 5) is 19.3. The van der Waals surface area contributed by atoms with E-state index in [1.807, 2.05) is 36.6 Å². The van der Waals surface area contributed by atoms with Crippen molar-refractivity contribution in [3.05, 3.63) is 40.2 Å². The van der Waals surface area contributed by atoms with Crippen molar-refractivity contribution in [2.24, 2.45) is 0 Å². The number of nitrogens with one attached hydrogen (secondary N) is 2. The Bertz CT molecular complexity index is 679. The second-order valence-corrected chi connectivity index (χ2v) is 7.10. The Morgan fingerprint density at radius 3 is 2.96 bits per heavy atom. The number of thiazole rings is 1. The summed E-state index contributed by atoms with van der Waals surface area (Å²) in [7, 11) is 0. The van der Waals surface area contributed by atoms with Crippen molar-refractivity contribution in [2.45, 2.75) is 13.3 Å². The third-order valence-electron chi connectivity index (χ3n) is 4.19. The number of benzene rings is 1. The molecular formula is C18H24N4OS. The lowest BCUT2D eigenvalue weighted by molar-refractivity contribution is 0.0951. The third kappa shape index (κ3) is 4.63. The number of hydrogen-bond donors (Lipinski definition) is 2. The minimum Gasteiger partial charge on any atom is -0.352 e. The maximum absolute atomic E-state index is 12.3. The topological polar surface area (TPSA) is 57.3 Å². The van der Waals surface area contributed by atoms with Gasteiger partial charge in [0.1, 0.15) is 0 Å². The summed E-state index contributed by atoms with van der Waals surface area (Å²) < 4.78 is 0. The molecular weight excluding hydrogens is 320 g/mol. The molecule has 1 aliphatic heterocycles. The SMILES string of the molecule is Cc1nc(-c2cccc(C(=O)NCCCN3CCNCC3)c2)cs1. The van der Waals surface area contributed by atoms with Gasteiger partial charge in [0.25, 0.3) is 5.91 Å². The minimum atomic E-state index is -0.0101. The van der Waals surface area contributed by atoms with Crippen molar-refractivity contribution >= 4 is 17.2 Å². The van der Waals surface area contributed by atoms with Crippen molar-refractivity contribution in [3.63, 3.8) is 0 Å². The first kappa shape index (κ1) is 17.1. The quantitative estimate of drug-likeness (QED) is 0.789. The van der Waals surface area contributed by atoms with Crippen LogP contribution >= 0.6 is 11.3 Å². The molecule has 2 N–H and O–H groups in total. The second kappa shape index (κ2) is 8.37. The zero-order chi connectivity index (χ0) is 16.8. The molecule has 0 aliphatic carbocycles. The zero-order valence-electron chi connectivity index (χ0n) is 14.0. The van der Waals surface area contributed by atoms with Crippen LogP contribution in [0.25, 0.3) is 11.3 Å². The van der Waals surface area contributed by atoms with Crippen molar-refractivity contribution in [3.8, 4) is 11.3 Å². The fourth-order valence-corrected chi connectivity index (χ4v) is 3.48. The highest BCUT2D eigenvalue weighted by molar-refractivity contribution is 7.09. The number of carbonyl (C=O) groups excluding carboxylic acids is 1. The highest BCUT2D eigenvalue weighted by Gasteiger charge is 2.10. The Morgan fingerprint density at radius 2 is 2.21 bits per heavy atom. The van der Waals surface area contributed by atoms with Crippen molar-refractivity contribution in [1.82, 2.24) is 20.5 Å². The third-order valence-corrected chi connectivity index (χ3v) is 4.96. The Hall–Kier alpha value is -1.76. The summed E-state index contributed by atoms with van der Waals surface area (Å²) in [5.74, 6) is -0.0101. The summed E-state index contributed by atoms with van der Waals surface area (Å²) in [6, 6.07) is 7.68. The van der Waals surface area contributed by atoms with Crippen LogP contribution < -0.4 is 10.6 Å². The molecule has 5 nitrogen and oxygen atoms in total. The van der Waals surface area contributed by atoms with Gasteiger partial charge in [0, 0.05) is 49.2 Å². The van der Waals surface area contributed by atoms with Crippen LogP contribution in [0.1, 0.15) is 21.8 Å². The van der Waals surface area contributed by atoms with Crippen LogP contribution in [0.2, 0.25) is 0 Å². The van der Waals surface area contributed by atoms with Gasteiger partial charge in [-0.05, 0) is 32.0 Å². The number of aromatic nitrogens is 1. The van der Waals surface area contributed by atoms with Gasteiger partial charge < -0.3 is 15.5 Å². The van der Waals surface area contributed by atoms with Crippen LogP contribution in [0.5, 0.6) is 0 Å². The molecule has 0 atom stereocenters. The van der Waals surface area contributed by atoms with Gasteiger partial charge >= 0.3 is 0 Å². The Morgan fingerprint density at radius 1 is 1.38 bits per heavy atom. The van der Waals surface area contributed by atoms with E-state index in [0.717, 1.165) is 55.4 Å². The van der Waals surface area contributed by atoms with Crippen LogP contribution in [-0.2, 0) is 0 Å². The molecule has 0 spiro atoms. The summed E-state index contributed by atoms with van der Waals surface area (Å²) in [6.07, 6.45) is 0.983. The van der Waals surface area contributed by atoms with Gasteiger partial charge in [0.15, 0.2) is 0 Å². The standard InChI is InChI=1S/C18H24N4OS/c1-14-21-17(13-24-14)15-4-2-5-16(12-15)18(23)20-6-3-9-22-10-7-19-8-11-22/h2,4-5,12-13,19H,3,6-11H2,1H3,(H,20,23). The first-order chi connectivity index (χ1) is 11.7. The lowest BCUT2D eigenvalue weighted by Gasteiger charge is -2.27. The van der Waals surface area contributed by atoms with Crippen LogP contribution in [0.3, 0.4) is 0 Å². The summed E-state index contributed by atoms with van der Waals surface area (Å²) in [5.41, 5.74) is 2.62. The van der Waals surface area contributed by atoms with Crippen LogP contribution in [0.4, 0.5) is 0 Å². The maximum Gasteiger partial charge on any atom is 0.251 e. The Balaban J connectivity index is 1.49. The molecule has 1 saturated heterocycles. The number of hydrogen-bond acceptors (Lipinski definition) is 5. The molecule has 6 heteroatoms. The number of piperazine rings is 1. The molecule has 0 unspecified atom stereocenters. The highest BCUT2D eigenvalue weighted by atomic mass is 32.1. The molecule has 1 fully saturated rings. The Kier molecular flexibility index (Phi) is 5.96. The molecule has 0 bridgehead atoms. The average Bonchev–Trinajstić information content (AvgIpc) is 3.06.